The van der Waals surface area contributed by atoms with Crippen molar-refractivity contribution in [1.82, 2.24) is 5.32 Å². The lowest BCUT2D eigenvalue weighted by molar-refractivity contribution is 0.0895. The predicted octanol–water partition coefficient (Wildman–Crippen LogP) is 3.35. The SMILES string of the molecule is CCC(CC)(CN)NC(=O)c1ccc(Br)c(Cl)c1. The topological polar surface area (TPSA) is 55.1 Å². The second kappa shape index (κ2) is 6.55. The van der Waals surface area contributed by atoms with E-state index < -0.39 is 0 Å². The molecular formula is C13H18BrClN2O. The lowest BCUT2D eigenvalue weighted by Gasteiger charge is -2.31. The molecule has 5 heteroatoms. The molecule has 0 atom stereocenters. The van der Waals surface area contributed by atoms with E-state index in [2.05, 4.69) is 21.2 Å². The molecule has 0 bridgehead atoms. The van der Waals surface area contributed by atoms with Gasteiger partial charge in [0.1, 0.15) is 0 Å². The maximum atomic E-state index is 12.2. The Morgan fingerprint density at radius 2 is 2.06 bits per heavy atom. The van der Waals surface area contributed by atoms with Crippen LogP contribution < -0.4 is 11.1 Å². The van der Waals surface area contributed by atoms with Gasteiger partial charge in [0.25, 0.3) is 5.91 Å². The molecule has 0 heterocycles. The molecule has 0 saturated heterocycles. The zero-order chi connectivity index (χ0) is 13.8. The van der Waals surface area contributed by atoms with Crippen molar-refractivity contribution < 1.29 is 4.79 Å². The zero-order valence-corrected chi connectivity index (χ0v) is 12.9. The third kappa shape index (κ3) is 3.46. The van der Waals surface area contributed by atoms with Crippen molar-refractivity contribution in [2.75, 3.05) is 6.54 Å². The molecule has 1 rings (SSSR count). The second-order valence-electron chi connectivity index (χ2n) is 4.27. The molecule has 0 radical (unpaired) electrons. The van der Waals surface area contributed by atoms with Crippen LogP contribution in [0.2, 0.25) is 5.02 Å². The summed E-state index contributed by atoms with van der Waals surface area (Å²) >= 11 is 9.28. The molecule has 3 N–H and O–H groups in total. The number of nitrogens with two attached hydrogens (primary N) is 1. The van der Waals surface area contributed by atoms with Gasteiger partial charge in [0.05, 0.1) is 10.6 Å². The highest BCUT2D eigenvalue weighted by Crippen LogP contribution is 2.23. The van der Waals surface area contributed by atoms with Gasteiger partial charge in [-0.3, -0.25) is 4.79 Å². The molecule has 0 saturated carbocycles. The standard InChI is InChI=1S/C13H18BrClN2O/c1-3-13(4-2,8-16)17-12(18)9-5-6-10(14)11(15)7-9/h5-7H,3-4,8,16H2,1-2H3,(H,17,18). The lowest BCUT2D eigenvalue weighted by atomic mass is 9.92. The van der Waals surface area contributed by atoms with Gasteiger partial charge >= 0.3 is 0 Å². The molecular weight excluding hydrogens is 316 g/mol. The van der Waals surface area contributed by atoms with E-state index in [0.717, 1.165) is 17.3 Å². The van der Waals surface area contributed by atoms with Gasteiger partial charge in [-0.15, -0.1) is 0 Å². The number of rotatable bonds is 5. The molecule has 0 aliphatic heterocycles. The fourth-order valence-corrected chi connectivity index (χ4v) is 2.14. The van der Waals surface area contributed by atoms with Crippen molar-refractivity contribution in [3.8, 4) is 0 Å². The zero-order valence-electron chi connectivity index (χ0n) is 10.6. The third-order valence-electron chi connectivity index (χ3n) is 3.30. The van der Waals surface area contributed by atoms with E-state index in [4.69, 9.17) is 17.3 Å². The lowest BCUT2D eigenvalue weighted by Crippen LogP contribution is -2.52. The molecule has 0 fully saturated rings. The Kier molecular flexibility index (Phi) is 5.63. The van der Waals surface area contributed by atoms with Gasteiger partial charge in [-0.25, -0.2) is 0 Å². The van der Waals surface area contributed by atoms with Gasteiger partial charge in [-0.1, -0.05) is 25.4 Å². The first-order chi connectivity index (χ1) is 8.48. The predicted molar refractivity (Wildman–Crippen MR) is 79.0 cm³/mol. The normalized spacial score (nSPS) is 11.4. The average molecular weight is 334 g/mol. The summed E-state index contributed by atoms with van der Waals surface area (Å²) < 4.78 is 0.775. The van der Waals surface area contributed by atoms with Crippen molar-refractivity contribution in [3.05, 3.63) is 33.3 Å². The molecule has 0 aliphatic carbocycles. The Labute approximate surface area is 121 Å². The maximum Gasteiger partial charge on any atom is 0.251 e. The van der Waals surface area contributed by atoms with E-state index in [1.165, 1.54) is 0 Å². The summed E-state index contributed by atoms with van der Waals surface area (Å²) in [6.07, 6.45) is 1.60. The molecule has 1 aromatic carbocycles. The van der Waals surface area contributed by atoms with Crippen LogP contribution in [-0.2, 0) is 0 Å². The molecule has 1 aromatic rings. The van der Waals surface area contributed by atoms with Gasteiger partial charge < -0.3 is 11.1 Å². The number of halogens is 2. The van der Waals surface area contributed by atoms with Crippen LogP contribution in [0.3, 0.4) is 0 Å². The van der Waals surface area contributed by atoms with E-state index in [0.29, 0.717) is 17.1 Å². The third-order valence-corrected chi connectivity index (χ3v) is 4.54. The van der Waals surface area contributed by atoms with Crippen molar-refractivity contribution in [3.63, 3.8) is 0 Å². The summed E-state index contributed by atoms with van der Waals surface area (Å²) in [6, 6.07) is 5.14. The van der Waals surface area contributed by atoms with Gasteiger partial charge in [-0.2, -0.15) is 0 Å². The minimum absolute atomic E-state index is 0.140. The fourth-order valence-electron chi connectivity index (χ4n) is 1.72. The Morgan fingerprint density at radius 1 is 1.44 bits per heavy atom. The van der Waals surface area contributed by atoms with Crippen molar-refractivity contribution >= 4 is 33.4 Å². The van der Waals surface area contributed by atoms with Crippen molar-refractivity contribution in [2.24, 2.45) is 5.73 Å². The molecule has 0 unspecified atom stereocenters. The van der Waals surface area contributed by atoms with Crippen LogP contribution in [0, 0.1) is 0 Å². The van der Waals surface area contributed by atoms with Crippen LogP contribution in [0.15, 0.2) is 22.7 Å². The number of hydrogen-bond donors (Lipinski definition) is 2. The Morgan fingerprint density at radius 3 is 2.50 bits per heavy atom. The molecule has 0 aliphatic rings. The number of carbonyl (C=O) groups excluding carboxylic acids is 1. The summed E-state index contributed by atoms with van der Waals surface area (Å²) in [6.45, 7) is 4.46. The summed E-state index contributed by atoms with van der Waals surface area (Å²) in [5.74, 6) is -0.140. The molecule has 0 aromatic heterocycles. The molecule has 18 heavy (non-hydrogen) atoms. The average Bonchev–Trinajstić information content (AvgIpc) is 2.39. The molecule has 100 valence electrons. The minimum Gasteiger partial charge on any atom is -0.345 e. The summed E-state index contributed by atoms with van der Waals surface area (Å²) in [4.78, 5) is 12.2. The highest BCUT2D eigenvalue weighted by atomic mass is 79.9. The highest BCUT2D eigenvalue weighted by molar-refractivity contribution is 9.10. The van der Waals surface area contributed by atoms with Gasteiger partial charge in [0.15, 0.2) is 0 Å². The Hall–Kier alpha value is -0.580. The van der Waals surface area contributed by atoms with Gasteiger partial charge in [0.2, 0.25) is 0 Å². The smallest absolute Gasteiger partial charge is 0.251 e. The van der Waals surface area contributed by atoms with Crippen molar-refractivity contribution in [1.29, 1.82) is 0 Å². The van der Waals surface area contributed by atoms with Gasteiger partial charge in [0, 0.05) is 16.6 Å². The first-order valence-corrected chi connectivity index (χ1v) is 7.12. The largest absolute Gasteiger partial charge is 0.345 e. The summed E-state index contributed by atoms with van der Waals surface area (Å²) in [5.41, 5.74) is 5.97. The Bertz CT molecular complexity index is 425. The maximum absolute atomic E-state index is 12.2. The molecule has 3 nitrogen and oxygen atoms in total. The first-order valence-electron chi connectivity index (χ1n) is 5.95. The molecule has 0 spiro atoms. The van der Waals surface area contributed by atoms with E-state index in [1.54, 1.807) is 18.2 Å². The fraction of sp³-hybridized carbons (Fsp3) is 0.462. The molecule has 1 amide bonds. The highest BCUT2D eigenvalue weighted by Gasteiger charge is 2.26. The van der Waals surface area contributed by atoms with Crippen LogP contribution in [-0.4, -0.2) is 18.0 Å². The number of nitrogens with one attached hydrogen (secondary N) is 1. The Balaban J connectivity index is 2.90. The van der Waals surface area contributed by atoms with E-state index in [9.17, 15) is 4.79 Å². The van der Waals surface area contributed by atoms with E-state index >= 15 is 0 Å². The minimum atomic E-state index is -0.337. The van der Waals surface area contributed by atoms with Crippen LogP contribution in [0.4, 0.5) is 0 Å². The van der Waals surface area contributed by atoms with Crippen LogP contribution in [0.5, 0.6) is 0 Å². The number of hydrogen-bond acceptors (Lipinski definition) is 2. The summed E-state index contributed by atoms with van der Waals surface area (Å²) in [5, 5.41) is 3.53. The van der Waals surface area contributed by atoms with E-state index in [-0.39, 0.29) is 11.4 Å². The first kappa shape index (κ1) is 15.5. The number of carbonyl (C=O) groups is 1. The van der Waals surface area contributed by atoms with Crippen molar-refractivity contribution in [2.45, 2.75) is 32.2 Å². The second-order valence-corrected chi connectivity index (χ2v) is 5.54. The van der Waals surface area contributed by atoms with Crippen LogP contribution >= 0.6 is 27.5 Å². The monoisotopic (exact) mass is 332 g/mol. The number of amides is 1. The van der Waals surface area contributed by atoms with Crippen LogP contribution in [0.1, 0.15) is 37.0 Å². The number of benzene rings is 1. The van der Waals surface area contributed by atoms with Gasteiger partial charge in [-0.05, 0) is 47.0 Å². The van der Waals surface area contributed by atoms with E-state index in [1.807, 2.05) is 13.8 Å². The quantitative estimate of drug-likeness (QED) is 0.868. The van der Waals surface area contributed by atoms with Crippen LogP contribution in [0.25, 0.3) is 0 Å². The summed E-state index contributed by atoms with van der Waals surface area (Å²) in [7, 11) is 0.